The van der Waals surface area contributed by atoms with Crippen molar-refractivity contribution in [3.63, 3.8) is 0 Å². The number of amides is 2. The van der Waals surface area contributed by atoms with Crippen molar-refractivity contribution in [2.24, 2.45) is 5.92 Å². The van der Waals surface area contributed by atoms with E-state index in [0.717, 1.165) is 19.3 Å². The van der Waals surface area contributed by atoms with Crippen LogP contribution in [0.4, 0.5) is 0 Å². The van der Waals surface area contributed by atoms with Crippen molar-refractivity contribution in [3.05, 3.63) is 12.7 Å². The van der Waals surface area contributed by atoms with Crippen molar-refractivity contribution in [2.45, 2.75) is 64.5 Å². The number of carbonyl (C=O) groups is 2. The molecular weight excluding hydrogens is 240 g/mol. The Labute approximate surface area is 116 Å². The first-order valence-corrected chi connectivity index (χ1v) is 6.93. The lowest BCUT2D eigenvalue weighted by Gasteiger charge is -2.37. The molecule has 0 aromatic carbocycles. The molecule has 0 aromatic rings. The molecule has 1 saturated carbocycles. The summed E-state index contributed by atoms with van der Waals surface area (Å²) in [6, 6.07) is 0. The predicted molar refractivity (Wildman–Crippen MR) is 76.6 cm³/mol. The van der Waals surface area contributed by atoms with Gasteiger partial charge < -0.3 is 10.6 Å². The molecule has 0 aromatic heterocycles. The molecule has 0 bridgehead atoms. The van der Waals surface area contributed by atoms with Crippen LogP contribution >= 0.6 is 0 Å². The van der Waals surface area contributed by atoms with E-state index in [1.54, 1.807) is 0 Å². The molecule has 1 rings (SSSR count). The van der Waals surface area contributed by atoms with Gasteiger partial charge in [-0.05, 0) is 46.0 Å². The minimum atomic E-state index is -0.771. The Balaban J connectivity index is 3.01. The second-order valence-corrected chi connectivity index (χ2v) is 6.47. The highest BCUT2D eigenvalue weighted by molar-refractivity contribution is 5.92. The van der Waals surface area contributed by atoms with Crippen molar-refractivity contribution in [1.82, 2.24) is 10.6 Å². The maximum absolute atomic E-state index is 12.6. The number of hydrogen-bond donors (Lipinski definition) is 2. The molecule has 0 unspecified atom stereocenters. The van der Waals surface area contributed by atoms with Gasteiger partial charge in [0, 0.05) is 12.5 Å². The molecule has 1 aliphatic carbocycles. The van der Waals surface area contributed by atoms with Crippen LogP contribution in [0.1, 0.15) is 53.4 Å². The van der Waals surface area contributed by atoms with E-state index in [1.165, 1.54) is 6.92 Å². The normalized spacial score (nSPS) is 26.8. The highest BCUT2D eigenvalue weighted by atomic mass is 16.2. The van der Waals surface area contributed by atoms with Crippen LogP contribution in [0.2, 0.25) is 0 Å². The topological polar surface area (TPSA) is 58.2 Å². The fourth-order valence-corrected chi connectivity index (χ4v) is 2.88. The van der Waals surface area contributed by atoms with E-state index in [1.807, 2.05) is 26.8 Å². The van der Waals surface area contributed by atoms with E-state index in [9.17, 15) is 9.59 Å². The number of nitrogens with one attached hydrogen (secondary N) is 2. The molecule has 2 atom stereocenters. The first kappa shape index (κ1) is 15.7. The molecule has 2 N–H and O–H groups in total. The van der Waals surface area contributed by atoms with Gasteiger partial charge in [-0.1, -0.05) is 12.5 Å². The van der Waals surface area contributed by atoms with E-state index in [0.29, 0.717) is 6.42 Å². The van der Waals surface area contributed by atoms with E-state index in [-0.39, 0.29) is 23.3 Å². The van der Waals surface area contributed by atoms with Gasteiger partial charge in [-0.3, -0.25) is 9.59 Å². The van der Waals surface area contributed by atoms with Crippen LogP contribution in [0, 0.1) is 5.92 Å². The summed E-state index contributed by atoms with van der Waals surface area (Å²) in [6.45, 7) is 11.1. The number of allylic oxidation sites excluding steroid dienone is 1. The van der Waals surface area contributed by atoms with Crippen LogP contribution in [-0.2, 0) is 9.59 Å². The molecule has 0 radical (unpaired) electrons. The van der Waals surface area contributed by atoms with Gasteiger partial charge in [-0.25, -0.2) is 0 Å². The maximum Gasteiger partial charge on any atom is 0.246 e. The zero-order valence-corrected chi connectivity index (χ0v) is 12.5. The van der Waals surface area contributed by atoms with Crippen LogP contribution in [0.15, 0.2) is 12.7 Å². The van der Waals surface area contributed by atoms with E-state index < -0.39 is 5.54 Å². The fourth-order valence-electron chi connectivity index (χ4n) is 2.88. The summed E-state index contributed by atoms with van der Waals surface area (Å²) in [4.78, 5) is 24.2. The molecule has 4 heteroatoms. The van der Waals surface area contributed by atoms with Crippen LogP contribution in [-0.4, -0.2) is 22.9 Å². The molecule has 2 amide bonds. The molecule has 1 fully saturated rings. The summed E-state index contributed by atoms with van der Waals surface area (Å²) in [5.41, 5.74) is -1.07. The summed E-state index contributed by atoms with van der Waals surface area (Å²) in [5.74, 6) is -0.0872. The molecule has 1 aliphatic rings. The Hall–Kier alpha value is -1.32. The fraction of sp³-hybridized carbons (Fsp3) is 0.733. The molecule has 0 spiro atoms. The third-order valence-electron chi connectivity index (χ3n) is 3.56. The Morgan fingerprint density at radius 2 is 2.05 bits per heavy atom. The van der Waals surface area contributed by atoms with Crippen molar-refractivity contribution in [1.29, 1.82) is 0 Å². The first-order valence-electron chi connectivity index (χ1n) is 6.93. The van der Waals surface area contributed by atoms with Gasteiger partial charge in [0.05, 0.1) is 0 Å². The smallest absolute Gasteiger partial charge is 0.246 e. The summed E-state index contributed by atoms with van der Waals surface area (Å²) in [5, 5.41) is 5.92. The van der Waals surface area contributed by atoms with Crippen LogP contribution < -0.4 is 10.6 Å². The Morgan fingerprint density at radius 3 is 2.53 bits per heavy atom. The summed E-state index contributed by atoms with van der Waals surface area (Å²) in [6.07, 6.45) is 5.18. The average Bonchev–Trinajstić information content (AvgIpc) is 2.60. The van der Waals surface area contributed by atoms with E-state index >= 15 is 0 Å². The van der Waals surface area contributed by atoms with Gasteiger partial charge in [-0.2, -0.15) is 0 Å². The van der Waals surface area contributed by atoms with Gasteiger partial charge in [0.1, 0.15) is 5.54 Å². The lowest BCUT2D eigenvalue weighted by molar-refractivity contribution is -0.135. The van der Waals surface area contributed by atoms with Gasteiger partial charge in [0.2, 0.25) is 11.8 Å². The third kappa shape index (κ3) is 3.82. The molecule has 108 valence electrons. The molecule has 0 aliphatic heterocycles. The zero-order chi connectivity index (χ0) is 14.7. The monoisotopic (exact) mass is 266 g/mol. The number of carbonyl (C=O) groups excluding carboxylic acids is 2. The molecule has 0 heterocycles. The third-order valence-corrected chi connectivity index (χ3v) is 3.56. The predicted octanol–water partition coefficient (Wildman–Crippen LogP) is 2.15. The van der Waals surface area contributed by atoms with Crippen molar-refractivity contribution < 1.29 is 9.59 Å². The summed E-state index contributed by atoms with van der Waals surface area (Å²) in [7, 11) is 0. The van der Waals surface area contributed by atoms with Gasteiger partial charge in [0.15, 0.2) is 0 Å². The lowest BCUT2D eigenvalue weighted by atomic mass is 9.83. The highest BCUT2D eigenvalue weighted by Gasteiger charge is 2.49. The standard InChI is InChI=1S/C15H26N2O2/c1-6-8-12-9-7-10-15(12,16-11(2)18)13(19)17-14(3,4)5/h6,12H,1,7-10H2,2-5H3,(H,16,18)(H,17,19)/t12-,15-/m0/s1. The minimum absolute atomic E-state index is 0.0699. The zero-order valence-electron chi connectivity index (χ0n) is 12.5. The second-order valence-electron chi connectivity index (χ2n) is 6.47. The van der Waals surface area contributed by atoms with Gasteiger partial charge >= 0.3 is 0 Å². The van der Waals surface area contributed by atoms with E-state index in [4.69, 9.17) is 0 Å². The molecular formula is C15H26N2O2. The highest BCUT2D eigenvalue weighted by Crippen LogP contribution is 2.38. The SMILES string of the molecule is C=CC[C@H]1CCC[C@@]1(NC(C)=O)C(=O)NC(C)(C)C. The largest absolute Gasteiger partial charge is 0.349 e. The average molecular weight is 266 g/mol. The molecule has 19 heavy (non-hydrogen) atoms. The Morgan fingerprint density at radius 1 is 1.42 bits per heavy atom. The Bertz CT molecular complexity index is 371. The Kier molecular flexibility index (Phi) is 4.77. The second kappa shape index (κ2) is 5.76. The van der Waals surface area contributed by atoms with Gasteiger partial charge in [0.25, 0.3) is 0 Å². The van der Waals surface area contributed by atoms with Crippen LogP contribution in [0.5, 0.6) is 0 Å². The summed E-state index contributed by atoms with van der Waals surface area (Å²) >= 11 is 0. The number of hydrogen-bond acceptors (Lipinski definition) is 2. The number of rotatable bonds is 4. The van der Waals surface area contributed by atoms with Crippen molar-refractivity contribution in [3.8, 4) is 0 Å². The van der Waals surface area contributed by atoms with Crippen LogP contribution in [0.3, 0.4) is 0 Å². The van der Waals surface area contributed by atoms with Crippen LogP contribution in [0.25, 0.3) is 0 Å². The molecule has 4 nitrogen and oxygen atoms in total. The minimum Gasteiger partial charge on any atom is -0.349 e. The maximum atomic E-state index is 12.6. The first-order chi connectivity index (χ1) is 8.71. The summed E-state index contributed by atoms with van der Waals surface area (Å²) < 4.78 is 0. The quantitative estimate of drug-likeness (QED) is 0.766. The molecule has 0 saturated heterocycles. The van der Waals surface area contributed by atoms with Crippen molar-refractivity contribution >= 4 is 11.8 Å². The lowest BCUT2D eigenvalue weighted by Crippen LogP contribution is -2.63. The van der Waals surface area contributed by atoms with Crippen molar-refractivity contribution in [2.75, 3.05) is 0 Å². The van der Waals surface area contributed by atoms with Gasteiger partial charge in [-0.15, -0.1) is 6.58 Å². The van der Waals surface area contributed by atoms with E-state index in [2.05, 4.69) is 17.2 Å².